The maximum atomic E-state index is 12.1. The van der Waals surface area contributed by atoms with E-state index in [-0.39, 0.29) is 5.91 Å². The molecule has 1 unspecified atom stereocenters. The Kier molecular flexibility index (Phi) is 7.39. The van der Waals surface area contributed by atoms with Crippen LogP contribution in [0, 0.1) is 5.92 Å². The molecular formula is C15H31N3O. The molecule has 1 aliphatic rings. The minimum absolute atomic E-state index is 0.247. The van der Waals surface area contributed by atoms with E-state index in [9.17, 15) is 4.79 Å². The topological polar surface area (TPSA) is 35.6 Å². The lowest BCUT2D eigenvalue weighted by Gasteiger charge is -2.34. The molecule has 1 amide bonds. The zero-order valence-corrected chi connectivity index (χ0v) is 13.1. The van der Waals surface area contributed by atoms with Crippen LogP contribution in [0.15, 0.2) is 0 Å². The molecule has 0 spiro atoms. The van der Waals surface area contributed by atoms with Crippen molar-refractivity contribution >= 4 is 5.91 Å². The summed E-state index contributed by atoms with van der Waals surface area (Å²) in [6.45, 7) is 11.2. The Hall–Kier alpha value is -0.610. The van der Waals surface area contributed by atoms with E-state index in [1.54, 1.807) is 0 Å². The highest BCUT2D eigenvalue weighted by molar-refractivity contribution is 5.78. The molecule has 0 saturated carbocycles. The highest BCUT2D eigenvalue weighted by Crippen LogP contribution is 2.15. The predicted octanol–water partition coefficient (Wildman–Crippen LogP) is 1.56. The molecule has 1 rings (SSSR count). The van der Waals surface area contributed by atoms with Crippen molar-refractivity contribution in [2.45, 2.75) is 46.1 Å². The normalized spacial score (nSPS) is 20.8. The number of hydrogen-bond acceptors (Lipinski definition) is 3. The van der Waals surface area contributed by atoms with E-state index in [0.29, 0.717) is 18.5 Å². The first-order chi connectivity index (χ1) is 9.04. The molecule has 1 N–H and O–H groups in total. The lowest BCUT2D eigenvalue weighted by molar-refractivity contribution is -0.133. The lowest BCUT2D eigenvalue weighted by atomic mass is 9.98. The van der Waals surface area contributed by atoms with Crippen LogP contribution in [0.5, 0.6) is 0 Å². The third-order valence-corrected chi connectivity index (χ3v) is 3.99. The number of nitrogens with one attached hydrogen (secondary N) is 1. The molecule has 0 radical (unpaired) electrons. The summed E-state index contributed by atoms with van der Waals surface area (Å²) in [6, 6.07) is 0.291. The predicted molar refractivity (Wildman–Crippen MR) is 80.2 cm³/mol. The Bertz CT molecular complexity index is 268. The quantitative estimate of drug-likeness (QED) is 0.713. The number of hydrogen-bond donors (Lipinski definition) is 1. The Balaban J connectivity index is 2.32. The van der Waals surface area contributed by atoms with Crippen LogP contribution in [0.2, 0.25) is 0 Å². The second kappa shape index (κ2) is 8.54. The van der Waals surface area contributed by atoms with E-state index in [1.807, 2.05) is 11.9 Å². The molecule has 0 bridgehead atoms. The van der Waals surface area contributed by atoms with Gasteiger partial charge in [0.1, 0.15) is 0 Å². The second-order valence-electron chi connectivity index (χ2n) is 6.05. The van der Waals surface area contributed by atoms with Gasteiger partial charge in [0.25, 0.3) is 0 Å². The van der Waals surface area contributed by atoms with Crippen molar-refractivity contribution in [1.29, 1.82) is 0 Å². The van der Waals surface area contributed by atoms with Crippen molar-refractivity contribution in [3.63, 3.8) is 0 Å². The zero-order valence-electron chi connectivity index (χ0n) is 13.1. The van der Waals surface area contributed by atoms with Gasteiger partial charge >= 0.3 is 0 Å². The van der Waals surface area contributed by atoms with Crippen molar-refractivity contribution in [2.24, 2.45) is 5.92 Å². The Morgan fingerprint density at radius 2 is 2.21 bits per heavy atom. The fourth-order valence-electron chi connectivity index (χ4n) is 2.54. The largest absolute Gasteiger partial charge is 0.342 e. The van der Waals surface area contributed by atoms with Gasteiger partial charge in [-0.2, -0.15) is 0 Å². The van der Waals surface area contributed by atoms with Gasteiger partial charge in [-0.05, 0) is 58.7 Å². The van der Waals surface area contributed by atoms with Gasteiger partial charge in [-0.15, -0.1) is 0 Å². The van der Waals surface area contributed by atoms with Gasteiger partial charge in [-0.1, -0.05) is 6.92 Å². The number of rotatable bonds is 7. The van der Waals surface area contributed by atoms with E-state index in [4.69, 9.17) is 0 Å². The van der Waals surface area contributed by atoms with Crippen LogP contribution in [-0.4, -0.2) is 61.5 Å². The van der Waals surface area contributed by atoms with Crippen LogP contribution in [0.25, 0.3) is 0 Å². The SMILES string of the molecule is CCCNCC1CCCN(CC(=O)N(C)C(C)C)C1. The molecule has 19 heavy (non-hydrogen) atoms. The van der Waals surface area contributed by atoms with Gasteiger partial charge in [0.15, 0.2) is 0 Å². The number of amides is 1. The minimum atomic E-state index is 0.247. The smallest absolute Gasteiger partial charge is 0.236 e. The van der Waals surface area contributed by atoms with Gasteiger partial charge in [-0.25, -0.2) is 0 Å². The van der Waals surface area contributed by atoms with E-state index >= 15 is 0 Å². The number of piperidine rings is 1. The molecule has 1 fully saturated rings. The van der Waals surface area contributed by atoms with Crippen LogP contribution in [0.3, 0.4) is 0 Å². The first kappa shape index (κ1) is 16.4. The first-order valence-electron chi connectivity index (χ1n) is 7.73. The summed E-state index contributed by atoms with van der Waals surface area (Å²) in [6.07, 6.45) is 3.70. The first-order valence-corrected chi connectivity index (χ1v) is 7.73. The fourth-order valence-corrected chi connectivity index (χ4v) is 2.54. The van der Waals surface area contributed by atoms with Crippen molar-refractivity contribution < 1.29 is 4.79 Å². The molecule has 1 heterocycles. The van der Waals surface area contributed by atoms with E-state index in [0.717, 1.165) is 26.2 Å². The second-order valence-corrected chi connectivity index (χ2v) is 6.05. The number of carbonyl (C=O) groups excluding carboxylic acids is 1. The van der Waals surface area contributed by atoms with Crippen LogP contribution in [-0.2, 0) is 4.79 Å². The highest BCUT2D eigenvalue weighted by atomic mass is 16.2. The van der Waals surface area contributed by atoms with Crippen LogP contribution >= 0.6 is 0 Å². The van der Waals surface area contributed by atoms with E-state index < -0.39 is 0 Å². The standard InChI is InChI=1S/C15H31N3O/c1-5-8-16-10-14-7-6-9-18(11-14)12-15(19)17(4)13(2)3/h13-14,16H,5-12H2,1-4H3. The molecule has 4 heteroatoms. The van der Waals surface area contributed by atoms with Crippen molar-refractivity contribution in [3.05, 3.63) is 0 Å². The summed E-state index contributed by atoms with van der Waals surface area (Å²) in [4.78, 5) is 16.3. The molecule has 4 nitrogen and oxygen atoms in total. The van der Waals surface area contributed by atoms with Crippen LogP contribution < -0.4 is 5.32 Å². The molecule has 0 aromatic rings. The van der Waals surface area contributed by atoms with Gasteiger partial charge < -0.3 is 10.2 Å². The van der Waals surface area contributed by atoms with Crippen molar-refractivity contribution in [1.82, 2.24) is 15.1 Å². The third kappa shape index (κ3) is 5.91. The number of nitrogens with zero attached hydrogens (tertiary/aromatic N) is 2. The fraction of sp³-hybridized carbons (Fsp3) is 0.933. The molecule has 112 valence electrons. The van der Waals surface area contributed by atoms with Gasteiger partial charge in [0, 0.05) is 19.6 Å². The summed E-state index contributed by atoms with van der Waals surface area (Å²) in [5.41, 5.74) is 0. The van der Waals surface area contributed by atoms with Crippen LogP contribution in [0.4, 0.5) is 0 Å². The molecule has 1 atom stereocenters. The monoisotopic (exact) mass is 269 g/mol. The third-order valence-electron chi connectivity index (χ3n) is 3.99. The molecule has 1 aliphatic heterocycles. The van der Waals surface area contributed by atoms with Gasteiger partial charge in [0.05, 0.1) is 6.54 Å². The minimum Gasteiger partial charge on any atom is -0.342 e. The zero-order chi connectivity index (χ0) is 14.3. The number of carbonyl (C=O) groups is 1. The lowest BCUT2D eigenvalue weighted by Crippen LogP contribution is -2.46. The van der Waals surface area contributed by atoms with E-state index in [1.165, 1.54) is 19.3 Å². The molecule has 1 saturated heterocycles. The van der Waals surface area contributed by atoms with Crippen molar-refractivity contribution in [2.75, 3.05) is 39.8 Å². The molecule has 0 aromatic carbocycles. The molecular weight excluding hydrogens is 238 g/mol. The Labute approximate surface area is 118 Å². The summed E-state index contributed by atoms with van der Waals surface area (Å²) in [7, 11) is 1.90. The molecule has 0 aliphatic carbocycles. The number of likely N-dealkylation sites (tertiary alicyclic amines) is 1. The maximum absolute atomic E-state index is 12.1. The summed E-state index contributed by atoms with van der Waals surface area (Å²) < 4.78 is 0. The Morgan fingerprint density at radius 1 is 1.47 bits per heavy atom. The maximum Gasteiger partial charge on any atom is 0.236 e. The van der Waals surface area contributed by atoms with E-state index in [2.05, 4.69) is 31.0 Å². The highest BCUT2D eigenvalue weighted by Gasteiger charge is 2.23. The van der Waals surface area contributed by atoms with Crippen molar-refractivity contribution in [3.8, 4) is 0 Å². The van der Waals surface area contributed by atoms with Crippen LogP contribution in [0.1, 0.15) is 40.0 Å². The van der Waals surface area contributed by atoms with Gasteiger partial charge in [0.2, 0.25) is 5.91 Å². The average molecular weight is 269 g/mol. The Morgan fingerprint density at radius 3 is 2.84 bits per heavy atom. The van der Waals surface area contributed by atoms with Gasteiger partial charge in [-0.3, -0.25) is 9.69 Å². The summed E-state index contributed by atoms with van der Waals surface area (Å²) >= 11 is 0. The summed E-state index contributed by atoms with van der Waals surface area (Å²) in [5, 5.41) is 3.50. The average Bonchev–Trinajstić information content (AvgIpc) is 2.38. The number of likely N-dealkylation sites (N-methyl/N-ethyl adjacent to an activating group) is 1. The summed E-state index contributed by atoms with van der Waals surface area (Å²) in [5.74, 6) is 0.953. The molecule has 0 aromatic heterocycles.